The summed E-state index contributed by atoms with van der Waals surface area (Å²) >= 11 is 0. The fourth-order valence-electron chi connectivity index (χ4n) is 1.87. The highest BCUT2D eigenvalue weighted by Crippen LogP contribution is 2.13. The topological polar surface area (TPSA) is 38.7 Å². The van der Waals surface area contributed by atoms with Crippen molar-refractivity contribution < 1.29 is 14.6 Å². The molecule has 2 rings (SSSR count). The molecule has 2 aromatic carbocycles. The van der Waals surface area contributed by atoms with Crippen LogP contribution in [-0.4, -0.2) is 24.9 Å². The first-order chi connectivity index (χ1) is 9.88. The van der Waals surface area contributed by atoms with Crippen molar-refractivity contribution in [3.05, 3.63) is 60.2 Å². The molecule has 0 heterocycles. The lowest BCUT2D eigenvalue weighted by Crippen LogP contribution is -2.08. The van der Waals surface area contributed by atoms with Crippen LogP contribution in [0.5, 0.6) is 11.5 Å². The normalized spacial score (nSPS) is 10.2. The van der Waals surface area contributed by atoms with Gasteiger partial charge in [-0.3, -0.25) is 0 Å². The molecule has 1 N–H and O–H groups in total. The van der Waals surface area contributed by atoms with E-state index < -0.39 is 0 Å². The molecule has 3 nitrogen and oxygen atoms in total. The van der Waals surface area contributed by atoms with Crippen LogP contribution in [0.2, 0.25) is 0 Å². The summed E-state index contributed by atoms with van der Waals surface area (Å²) in [6.07, 6.45) is 1.69. The average Bonchev–Trinajstić information content (AvgIpc) is 2.52. The van der Waals surface area contributed by atoms with Crippen LogP contribution >= 0.6 is 0 Å². The van der Waals surface area contributed by atoms with E-state index in [0.29, 0.717) is 13.2 Å². The first-order valence-electron chi connectivity index (χ1n) is 6.89. The van der Waals surface area contributed by atoms with Gasteiger partial charge in [0.05, 0.1) is 0 Å². The third kappa shape index (κ3) is 4.94. The number of hydrogen-bond acceptors (Lipinski definition) is 3. The van der Waals surface area contributed by atoms with E-state index in [0.717, 1.165) is 24.3 Å². The van der Waals surface area contributed by atoms with Gasteiger partial charge in [0.2, 0.25) is 0 Å². The maximum atomic E-state index is 8.78. The van der Waals surface area contributed by atoms with Crippen LogP contribution in [0.25, 0.3) is 0 Å². The van der Waals surface area contributed by atoms with E-state index in [1.807, 2.05) is 54.6 Å². The minimum atomic E-state index is 0.231. The van der Waals surface area contributed by atoms with Gasteiger partial charge in [0, 0.05) is 6.61 Å². The quantitative estimate of drug-likeness (QED) is 0.751. The smallest absolute Gasteiger partial charge is 0.122 e. The van der Waals surface area contributed by atoms with Gasteiger partial charge >= 0.3 is 0 Å². The van der Waals surface area contributed by atoms with Crippen molar-refractivity contribution in [2.45, 2.75) is 12.8 Å². The summed E-state index contributed by atoms with van der Waals surface area (Å²) in [5.41, 5.74) is 1.21. The number of aliphatic hydroxyl groups is 1. The largest absolute Gasteiger partial charge is 0.490 e. The molecule has 0 bridgehead atoms. The van der Waals surface area contributed by atoms with Crippen LogP contribution in [-0.2, 0) is 6.42 Å². The minimum Gasteiger partial charge on any atom is -0.490 e. The molecule has 2 aromatic rings. The molecule has 0 aliphatic carbocycles. The molecule has 0 unspecified atom stereocenters. The molecular formula is C17H20O3. The molecule has 0 saturated carbocycles. The Morgan fingerprint density at radius 1 is 0.750 bits per heavy atom. The Bertz CT molecular complexity index is 479. The molecule has 0 aromatic heterocycles. The third-order valence-electron chi connectivity index (χ3n) is 2.91. The van der Waals surface area contributed by atoms with E-state index in [9.17, 15) is 0 Å². The summed E-state index contributed by atoms with van der Waals surface area (Å²) in [6, 6.07) is 17.7. The van der Waals surface area contributed by atoms with E-state index in [1.165, 1.54) is 5.56 Å². The van der Waals surface area contributed by atoms with Crippen LogP contribution < -0.4 is 9.47 Å². The van der Waals surface area contributed by atoms with Gasteiger partial charge in [0.25, 0.3) is 0 Å². The summed E-state index contributed by atoms with van der Waals surface area (Å²) in [6.45, 7) is 1.27. The Labute approximate surface area is 119 Å². The lowest BCUT2D eigenvalue weighted by atomic mass is 10.1. The minimum absolute atomic E-state index is 0.231. The molecule has 0 aliphatic heterocycles. The van der Waals surface area contributed by atoms with Crippen molar-refractivity contribution in [1.82, 2.24) is 0 Å². The van der Waals surface area contributed by atoms with Crippen LogP contribution in [0.1, 0.15) is 12.0 Å². The summed E-state index contributed by atoms with van der Waals surface area (Å²) in [7, 11) is 0. The molecule has 0 aliphatic rings. The molecule has 3 heteroatoms. The highest BCUT2D eigenvalue weighted by Gasteiger charge is 1.97. The molecule has 0 fully saturated rings. The third-order valence-corrected chi connectivity index (χ3v) is 2.91. The van der Waals surface area contributed by atoms with Crippen LogP contribution in [0.3, 0.4) is 0 Å². The van der Waals surface area contributed by atoms with Gasteiger partial charge in [-0.15, -0.1) is 0 Å². The van der Waals surface area contributed by atoms with E-state index in [2.05, 4.69) is 0 Å². The molecule has 0 atom stereocenters. The highest BCUT2D eigenvalue weighted by molar-refractivity contribution is 5.27. The monoisotopic (exact) mass is 272 g/mol. The van der Waals surface area contributed by atoms with Crippen LogP contribution in [0, 0.1) is 0 Å². The zero-order valence-electron chi connectivity index (χ0n) is 11.5. The van der Waals surface area contributed by atoms with Crippen molar-refractivity contribution in [3.8, 4) is 11.5 Å². The number of ether oxygens (including phenoxy) is 2. The summed E-state index contributed by atoms with van der Waals surface area (Å²) in [5.74, 6) is 1.70. The second kappa shape index (κ2) is 8.23. The number of para-hydroxylation sites is 1. The lowest BCUT2D eigenvalue weighted by Gasteiger charge is -2.08. The van der Waals surface area contributed by atoms with Gasteiger partial charge in [-0.1, -0.05) is 30.3 Å². The van der Waals surface area contributed by atoms with Crippen molar-refractivity contribution in [2.75, 3.05) is 19.8 Å². The molecule has 0 spiro atoms. The second-order valence-corrected chi connectivity index (χ2v) is 4.48. The zero-order chi connectivity index (χ0) is 14.0. The standard InChI is InChI=1S/C17H20O3/c18-12-4-5-15-8-10-17(11-9-15)20-14-13-19-16-6-2-1-3-7-16/h1-3,6-11,18H,4-5,12-14H2. The Kier molecular flexibility index (Phi) is 5.93. The maximum Gasteiger partial charge on any atom is 0.122 e. The van der Waals surface area contributed by atoms with Crippen LogP contribution in [0.15, 0.2) is 54.6 Å². The fourth-order valence-corrected chi connectivity index (χ4v) is 1.87. The molecule has 0 radical (unpaired) electrons. The van der Waals surface area contributed by atoms with Gasteiger partial charge < -0.3 is 14.6 Å². The van der Waals surface area contributed by atoms with Crippen LogP contribution in [0.4, 0.5) is 0 Å². The number of aryl methyl sites for hydroxylation is 1. The Morgan fingerprint density at radius 3 is 1.95 bits per heavy atom. The number of aliphatic hydroxyl groups excluding tert-OH is 1. The lowest BCUT2D eigenvalue weighted by molar-refractivity contribution is 0.217. The predicted molar refractivity (Wildman–Crippen MR) is 79.3 cm³/mol. The van der Waals surface area contributed by atoms with E-state index in [1.54, 1.807) is 0 Å². The average molecular weight is 272 g/mol. The second-order valence-electron chi connectivity index (χ2n) is 4.48. The van der Waals surface area contributed by atoms with Gasteiger partial charge in [-0.25, -0.2) is 0 Å². The van der Waals surface area contributed by atoms with Gasteiger partial charge in [-0.2, -0.15) is 0 Å². The molecular weight excluding hydrogens is 252 g/mol. The first-order valence-corrected chi connectivity index (χ1v) is 6.89. The van der Waals surface area contributed by atoms with Crippen molar-refractivity contribution in [2.24, 2.45) is 0 Å². The van der Waals surface area contributed by atoms with Gasteiger partial charge in [0.15, 0.2) is 0 Å². The maximum absolute atomic E-state index is 8.78. The molecule has 20 heavy (non-hydrogen) atoms. The van der Waals surface area contributed by atoms with Gasteiger partial charge in [-0.05, 0) is 42.7 Å². The summed E-state index contributed by atoms with van der Waals surface area (Å²) in [4.78, 5) is 0. The van der Waals surface area contributed by atoms with Gasteiger partial charge in [0.1, 0.15) is 24.7 Å². The van der Waals surface area contributed by atoms with E-state index >= 15 is 0 Å². The highest BCUT2D eigenvalue weighted by atomic mass is 16.5. The zero-order valence-corrected chi connectivity index (χ0v) is 11.5. The fraction of sp³-hybridized carbons (Fsp3) is 0.294. The SMILES string of the molecule is OCCCc1ccc(OCCOc2ccccc2)cc1. The predicted octanol–water partition coefficient (Wildman–Crippen LogP) is 3.07. The number of benzene rings is 2. The van der Waals surface area contributed by atoms with Crippen molar-refractivity contribution in [3.63, 3.8) is 0 Å². The van der Waals surface area contributed by atoms with E-state index in [4.69, 9.17) is 14.6 Å². The number of rotatable bonds is 8. The van der Waals surface area contributed by atoms with Crippen molar-refractivity contribution >= 4 is 0 Å². The Balaban J connectivity index is 1.69. The molecule has 0 saturated heterocycles. The number of hydrogen-bond donors (Lipinski definition) is 1. The Hall–Kier alpha value is -2.00. The summed E-state index contributed by atoms with van der Waals surface area (Å²) < 4.78 is 11.2. The van der Waals surface area contributed by atoms with E-state index in [-0.39, 0.29) is 6.61 Å². The van der Waals surface area contributed by atoms with Crippen molar-refractivity contribution in [1.29, 1.82) is 0 Å². The Morgan fingerprint density at radius 2 is 1.35 bits per heavy atom. The molecule has 106 valence electrons. The summed E-state index contributed by atoms with van der Waals surface area (Å²) in [5, 5.41) is 8.78. The molecule has 0 amide bonds. The first kappa shape index (κ1) is 14.4.